The zero-order valence-electron chi connectivity index (χ0n) is 12.2. The van der Waals surface area contributed by atoms with Crippen molar-refractivity contribution < 1.29 is 19.2 Å². The van der Waals surface area contributed by atoms with Crippen LogP contribution >= 0.6 is 0 Å². The Labute approximate surface area is 122 Å². The van der Waals surface area contributed by atoms with E-state index in [1.807, 2.05) is 13.8 Å². The second-order valence-electron chi connectivity index (χ2n) is 4.88. The van der Waals surface area contributed by atoms with E-state index in [2.05, 4.69) is 10.1 Å². The van der Waals surface area contributed by atoms with Crippen molar-refractivity contribution in [2.45, 2.75) is 26.3 Å². The molecule has 0 aliphatic heterocycles. The van der Waals surface area contributed by atoms with Gasteiger partial charge in [-0.05, 0) is 12.0 Å². The first-order valence-electron chi connectivity index (χ1n) is 6.48. The number of nitrogens with one attached hydrogen (secondary N) is 1. The summed E-state index contributed by atoms with van der Waals surface area (Å²) < 4.78 is 4.58. The van der Waals surface area contributed by atoms with E-state index in [4.69, 9.17) is 0 Å². The van der Waals surface area contributed by atoms with Gasteiger partial charge in [-0.3, -0.25) is 19.7 Å². The van der Waals surface area contributed by atoms with Gasteiger partial charge in [0, 0.05) is 12.1 Å². The summed E-state index contributed by atoms with van der Waals surface area (Å²) in [6.45, 7) is 3.68. The Bertz CT molecular complexity index is 542. The van der Waals surface area contributed by atoms with Gasteiger partial charge < -0.3 is 10.1 Å². The highest BCUT2D eigenvalue weighted by atomic mass is 16.6. The van der Waals surface area contributed by atoms with Gasteiger partial charge in [0.25, 0.3) is 11.6 Å². The first-order valence-corrected chi connectivity index (χ1v) is 6.48. The quantitative estimate of drug-likeness (QED) is 0.491. The van der Waals surface area contributed by atoms with Crippen LogP contribution < -0.4 is 5.32 Å². The molecule has 0 aliphatic rings. The zero-order chi connectivity index (χ0) is 16.0. The number of ether oxygens (including phenoxy) is 1. The van der Waals surface area contributed by atoms with E-state index in [1.54, 1.807) is 6.07 Å². The van der Waals surface area contributed by atoms with Crippen LogP contribution in [0.1, 0.15) is 30.6 Å². The molecule has 114 valence electrons. The molecule has 1 N–H and O–H groups in total. The lowest BCUT2D eigenvalue weighted by Crippen LogP contribution is -2.40. The van der Waals surface area contributed by atoms with Crippen LogP contribution in [0.15, 0.2) is 24.3 Å². The highest BCUT2D eigenvalue weighted by Crippen LogP contribution is 2.18. The lowest BCUT2D eigenvalue weighted by molar-refractivity contribution is -0.385. The van der Waals surface area contributed by atoms with Crippen molar-refractivity contribution in [3.63, 3.8) is 0 Å². The molecule has 1 rings (SSSR count). The third-order valence-electron chi connectivity index (χ3n) is 3.08. The summed E-state index contributed by atoms with van der Waals surface area (Å²) >= 11 is 0. The normalized spacial score (nSPS) is 11.8. The van der Waals surface area contributed by atoms with E-state index in [0.717, 1.165) is 0 Å². The highest BCUT2D eigenvalue weighted by molar-refractivity contribution is 5.98. The average molecular weight is 294 g/mol. The molecule has 1 aromatic rings. The molecule has 21 heavy (non-hydrogen) atoms. The number of hydrogen-bond acceptors (Lipinski definition) is 5. The summed E-state index contributed by atoms with van der Waals surface area (Å²) in [5.41, 5.74) is -0.298. The molecule has 0 spiro atoms. The van der Waals surface area contributed by atoms with Crippen molar-refractivity contribution in [1.82, 2.24) is 5.32 Å². The van der Waals surface area contributed by atoms with E-state index >= 15 is 0 Å². The monoisotopic (exact) mass is 294 g/mol. The number of nitro groups is 1. The van der Waals surface area contributed by atoms with Crippen LogP contribution in [0.2, 0.25) is 0 Å². The summed E-state index contributed by atoms with van der Waals surface area (Å²) in [5.74, 6) is -1.04. The lowest BCUT2D eigenvalue weighted by Gasteiger charge is -2.21. The second-order valence-corrected chi connectivity index (χ2v) is 4.88. The van der Waals surface area contributed by atoms with Crippen LogP contribution in [-0.2, 0) is 9.53 Å². The SMILES string of the molecule is COC(=O)CC(NC(=O)c1ccccc1[N+](=O)[O-])C(C)C. The number of nitro benzene ring substituents is 1. The molecule has 7 heteroatoms. The predicted octanol–water partition coefficient (Wildman–Crippen LogP) is 1.91. The first kappa shape index (κ1) is 16.6. The number of nitrogens with zero attached hydrogens (tertiary/aromatic N) is 1. The Hall–Kier alpha value is -2.44. The lowest BCUT2D eigenvalue weighted by atomic mass is 10.00. The van der Waals surface area contributed by atoms with E-state index in [0.29, 0.717) is 0 Å². The van der Waals surface area contributed by atoms with Crippen LogP contribution in [0.4, 0.5) is 5.69 Å². The van der Waals surface area contributed by atoms with Crippen molar-refractivity contribution in [1.29, 1.82) is 0 Å². The minimum Gasteiger partial charge on any atom is -0.469 e. The van der Waals surface area contributed by atoms with Crippen LogP contribution in [-0.4, -0.2) is 30.0 Å². The van der Waals surface area contributed by atoms with Crippen molar-refractivity contribution in [2.75, 3.05) is 7.11 Å². The van der Waals surface area contributed by atoms with Crippen LogP contribution in [0.3, 0.4) is 0 Å². The maximum atomic E-state index is 12.2. The molecule has 0 heterocycles. The van der Waals surface area contributed by atoms with Crippen molar-refractivity contribution in [2.24, 2.45) is 5.92 Å². The number of methoxy groups -OCH3 is 1. The second kappa shape index (κ2) is 7.37. The molecule has 0 aliphatic carbocycles. The van der Waals surface area contributed by atoms with Gasteiger partial charge in [0.2, 0.25) is 0 Å². The van der Waals surface area contributed by atoms with Crippen LogP contribution in [0.5, 0.6) is 0 Å². The highest BCUT2D eigenvalue weighted by Gasteiger charge is 2.24. The number of para-hydroxylation sites is 1. The molecule has 0 fully saturated rings. The number of carbonyl (C=O) groups excluding carboxylic acids is 2. The molecule has 0 bridgehead atoms. The smallest absolute Gasteiger partial charge is 0.307 e. The van der Waals surface area contributed by atoms with Gasteiger partial charge in [-0.1, -0.05) is 26.0 Å². The molecule has 1 atom stereocenters. The Kier molecular flexibility index (Phi) is 5.83. The molecule has 0 radical (unpaired) electrons. The molecule has 1 unspecified atom stereocenters. The Morgan fingerprint density at radius 3 is 2.48 bits per heavy atom. The van der Waals surface area contributed by atoms with Gasteiger partial charge >= 0.3 is 5.97 Å². The minimum atomic E-state index is -0.612. The molecular formula is C14H18N2O5. The van der Waals surface area contributed by atoms with Gasteiger partial charge in [0.15, 0.2) is 0 Å². The molecular weight excluding hydrogens is 276 g/mol. The van der Waals surface area contributed by atoms with Gasteiger partial charge in [-0.15, -0.1) is 0 Å². The topological polar surface area (TPSA) is 98.5 Å². The number of hydrogen-bond donors (Lipinski definition) is 1. The van der Waals surface area contributed by atoms with Crippen molar-refractivity contribution in [3.05, 3.63) is 39.9 Å². The Morgan fingerprint density at radius 1 is 1.33 bits per heavy atom. The summed E-state index contributed by atoms with van der Waals surface area (Å²) in [6.07, 6.45) is 0.0144. The van der Waals surface area contributed by atoms with E-state index < -0.39 is 22.8 Å². The molecule has 1 amide bonds. The third-order valence-corrected chi connectivity index (χ3v) is 3.08. The first-order chi connectivity index (χ1) is 9.86. The number of amides is 1. The molecule has 7 nitrogen and oxygen atoms in total. The fraction of sp³-hybridized carbons (Fsp3) is 0.429. The van der Waals surface area contributed by atoms with Crippen molar-refractivity contribution >= 4 is 17.6 Å². The molecule has 0 saturated carbocycles. The van der Waals surface area contributed by atoms with Crippen LogP contribution in [0, 0.1) is 16.0 Å². The number of carbonyl (C=O) groups is 2. The summed E-state index contributed by atoms with van der Waals surface area (Å²) in [7, 11) is 1.27. The average Bonchev–Trinajstić information content (AvgIpc) is 2.45. The molecule has 0 aromatic heterocycles. The standard InChI is InChI=1S/C14H18N2O5/c1-9(2)11(8-13(17)21-3)15-14(18)10-6-4-5-7-12(10)16(19)20/h4-7,9,11H,8H2,1-3H3,(H,15,18). The van der Waals surface area contributed by atoms with E-state index in [-0.39, 0.29) is 23.6 Å². The maximum Gasteiger partial charge on any atom is 0.307 e. The number of benzene rings is 1. The summed E-state index contributed by atoms with van der Waals surface area (Å²) in [6, 6.07) is 5.23. The Morgan fingerprint density at radius 2 is 1.95 bits per heavy atom. The molecule has 1 aromatic carbocycles. The van der Waals surface area contributed by atoms with Gasteiger partial charge in [0.1, 0.15) is 5.56 Å². The largest absolute Gasteiger partial charge is 0.469 e. The minimum absolute atomic E-state index is 0.0144. The van der Waals surface area contributed by atoms with Gasteiger partial charge in [0.05, 0.1) is 18.5 Å². The zero-order valence-corrected chi connectivity index (χ0v) is 12.2. The summed E-state index contributed by atoms with van der Waals surface area (Å²) in [4.78, 5) is 33.8. The number of esters is 1. The molecule has 0 saturated heterocycles. The Balaban J connectivity index is 2.92. The van der Waals surface area contributed by atoms with Gasteiger partial charge in [-0.25, -0.2) is 0 Å². The van der Waals surface area contributed by atoms with Gasteiger partial charge in [-0.2, -0.15) is 0 Å². The number of rotatable bonds is 6. The van der Waals surface area contributed by atoms with Crippen molar-refractivity contribution in [3.8, 4) is 0 Å². The third kappa shape index (κ3) is 4.55. The fourth-order valence-electron chi connectivity index (χ4n) is 1.79. The van der Waals surface area contributed by atoms with Crippen LogP contribution in [0.25, 0.3) is 0 Å². The fourth-order valence-corrected chi connectivity index (χ4v) is 1.79. The van der Waals surface area contributed by atoms with E-state index in [1.165, 1.54) is 25.3 Å². The van der Waals surface area contributed by atoms with E-state index in [9.17, 15) is 19.7 Å². The predicted molar refractivity (Wildman–Crippen MR) is 75.8 cm³/mol. The maximum absolute atomic E-state index is 12.2. The summed E-state index contributed by atoms with van der Waals surface area (Å²) in [5, 5.41) is 13.6.